The van der Waals surface area contributed by atoms with Crippen LogP contribution in [-0.2, 0) is 27.9 Å². The molecule has 3 unspecified atom stereocenters. The standard InChI is InChI=1S/C65H115N2O7P/c1-7-10-13-16-19-22-25-28-30-31-32-33-34-35-36-37-38-39-42-45-48-51-54-57-64(68)66-62(61-73-75(70,71)72-60-59-67(4,5)6)63(56-53-50-47-44-41-27-24-21-18-15-12-9-3)74-65(69)58-55-52-49-46-43-40-29-26-23-20-17-14-11-8-2/h11,14,19-20,22-23,28-30,32-33,35-36,40,53,56,62-63H,7-10,12-13,15-18,21,24-27,31,34,37-39,41-52,54-55,57-61H2,1-6H3,(H-,66,68,70,71)/b14-11+,22-19-,23-20+,30-28-,33-32-,36-35-,40-29+,56-53-. The fourth-order valence-electron chi connectivity index (χ4n) is 8.28. The van der Waals surface area contributed by atoms with Gasteiger partial charge in [-0.1, -0.05) is 227 Å². The van der Waals surface area contributed by atoms with Crippen molar-refractivity contribution in [1.82, 2.24) is 5.32 Å². The summed E-state index contributed by atoms with van der Waals surface area (Å²) in [5.41, 5.74) is 0. The Morgan fingerprint density at radius 1 is 0.480 bits per heavy atom. The molecular weight excluding hydrogens is 952 g/mol. The van der Waals surface area contributed by atoms with Gasteiger partial charge in [0, 0.05) is 12.8 Å². The average Bonchev–Trinajstić information content (AvgIpc) is 3.37. The largest absolute Gasteiger partial charge is 0.756 e. The van der Waals surface area contributed by atoms with Gasteiger partial charge in [0.25, 0.3) is 7.82 Å². The van der Waals surface area contributed by atoms with E-state index in [2.05, 4.69) is 111 Å². The highest BCUT2D eigenvalue weighted by Crippen LogP contribution is 2.38. The molecule has 0 aliphatic carbocycles. The van der Waals surface area contributed by atoms with Crippen LogP contribution in [0.25, 0.3) is 0 Å². The number of carbonyl (C=O) groups excluding carboxylic acids is 2. The number of amides is 1. The first-order valence-electron chi connectivity index (χ1n) is 30.5. The van der Waals surface area contributed by atoms with Crippen molar-refractivity contribution in [2.24, 2.45) is 0 Å². The molecule has 75 heavy (non-hydrogen) atoms. The lowest BCUT2D eigenvalue weighted by Crippen LogP contribution is -2.47. The smallest absolute Gasteiger partial charge is 0.306 e. The van der Waals surface area contributed by atoms with Crippen molar-refractivity contribution in [1.29, 1.82) is 0 Å². The molecule has 1 amide bonds. The van der Waals surface area contributed by atoms with Crippen LogP contribution in [-0.4, -0.2) is 69.4 Å². The number of likely N-dealkylation sites (N-methyl/N-ethyl adjacent to an activating group) is 1. The van der Waals surface area contributed by atoms with Crippen LogP contribution >= 0.6 is 7.82 Å². The van der Waals surface area contributed by atoms with E-state index in [0.29, 0.717) is 23.9 Å². The van der Waals surface area contributed by atoms with Crippen molar-refractivity contribution in [3.8, 4) is 0 Å². The molecule has 0 fully saturated rings. The third kappa shape index (κ3) is 55.5. The fourth-order valence-corrected chi connectivity index (χ4v) is 9.01. The Morgan fingerprint density at radius 2 is 0.853 bits per heavy atom. The van der Waals surface area contributed by atoms with Crippen LogP contribution in [0.4, 0.5) is 0 Å². The first-order valence-corrected chi connectivity index (χ1v) is 32.0. The van der Waals surface area contributed by atoms with Crippen molar-refractivity contribution in [3.63, 3.8) is 0 Å². The minimum Gasteiger partial charge on any atom is -0.756 e. The maximum atomic E-state index is 13.5. The number of hydrogen-bond acceptors (Lipinski definition) is 7. The predicted octanol–water partition coefficient (Wildman–Crippen LogP) is 18.1. The van der Waals surface area contributed by atoms with E-state index in [1.54, 1.807) is 0 Å². The highest BCUT2D eigenvalue weighted by atomic mass is 31.2. The average molecular weight is 1070 g/mol. The molecule has 0 aromatic rings. The summed E-state index contributed by atoms with van der Waals surface area (Å²) in [5.74, 6) is -0.584. The van der Waals surface area contributed by atoms with Gasteiger partial charge >= 0.3 is 5.97 Å². The summed E-state index contributed by atoms with van der Waals surface area (Å²) in [4.78, 5) is 39.9. The maximum Gasteiger partial charge on any atom is 0.306 e. The zero-order valence-corrected chi connectivity index (χ0v) is 50.1. The van der Waals surface area contributed by atoms with Gasteiger partial charge < -0.3 is 28.5 Å². The lowest BCUT2D eigenvalue weighted by Gasteiger charge is -2.30. The van der Waals surface area contributed by atoms with Crippen molar-refractivity contribution in [3.05, 3.63) is 97.2 Å². The first-order chi connectivity index (χ1) is 36.4. The third-order valence-corrected chi connectivity index (χ3v) is 14.0. The number of unbranched alkanes of at least 4 members (excludes halogenated alkanes) is 24. The van der Waals surface area contributed by atoms with Gasteiger partial charge in [-0.2, -0.15) is 0 Å². The molecule has 0 aromatic carbocycles. The van der Waals surface area contributed by atoms with Crippen molar-refractivity contribution in [2.75, 3.05) is 40.9 Å². The number of allylic oxidation sites excluding steroid dienone is 15. The van der Waals surface area contributed by atoms with E-state index in [-0.39, 0.29) is 24.9 Å². The number of phosphoric acid groups is 1. The normalized spacial score (nSPS) is 14.4. The quantitative estimate of drug-likeness (QED) is 0.0212. The molecule has 3 atom stereocenters. The second-order valence-corrected chi connectivity index (χ2v) is 22.9. The Kier molecular flexibility index (Phi) is 52.1. The molecule has 0 aliphatic rings. The zero-order chi connectivity index (χ0) is 55.0. The van der Waals surface area contributed by atoms with Crippen LogP contribution in [0.1, 0.15) is 252 Å². The molecule has 0 radical (unpaired) electrons. The Hall–Kier alpha value is -3.07. The molecule has 0 spiro atoms. The van der Waals surface area contributed by atoms with Gasteiger partial charge in [0.05, 0.1) is 33.8 Å². The third-order valence-electron chi connectivity index (χ3n) is 13.0. The Bertz CT molecular complexity index is 1610. The number of ether oxygens (including phenoxy) is 1. The number of hydrogen-bond donors (Lipinski definition) is 1. The second-order valence-electron chi connectivity index (χ2n) is 21.5. The van der Waals surface area contributed by atoms with Gasteiger partial charge in [0.15, 0.2) is 0 Å². The van der Waals surface area contributed by atoms with Gasteiger partial charge in [0.2, 0.25) is 5.91 Å². The number of nitrogens with zero attached hydrogens (tertiary/aromatic N) is 1. The van der Waals surface area contributed by atoms with Crippen LogP contribution in [0.15, 0.2) is 97.2 Å². The van der Waals surface area contributed by atoms with Gasteiger partial charge in [-0.3, -0.25) is 14.2 Å². The maximum absolute atomic E-state index is 13.5. The SMILES string of the molecule is CC/C=C/C/C=C/C/C=C/CCCCCCC(=O)OC(/C=C\CCCCCCCCCCCC)C(COP(=O)([O-])OCC[N+](C)(C)C)NC(=O)CCCCCCCCC/C=C\C/C=C\C/C=C\C/C=C\CCCCC. The summed E-state index contributed by atoms with van der Waals surface area (Å²) in [7, 11) is 1.15. The van der Waals surface area contributed by atoms with E-state index in [4.69, 9.17) is 13.8 Å². The van der Waals surface area contributed by atoms with Gasteiger partial charge in [-0.05, 0) is 109 Å². The van der Waals surface area contributed by atoms with E-state index >= 15 is 0 Å². The lowest BCUT2D eigenvalue weighted by atomic mass is 10.0. The van der Waals surface area contributed by atoms with Crippen LogP contribution in [0.5, 0.6) is 0 Å². The summed E-state index contributed by atoms with van der Waals surface area (Å²) in [5, 5.41) is 3.01. The van der Waals surface area contributed by atoms with E-state index in [0.717, 1.165) is 116 Å². The highest BCUT2D eigenvalue weighted by Gasteiger charge is 2.27. The van der Waals surface area contributed by atoms with E-state index in [9.17, 15) is 19.0 Å². The fraction of sp³-hybridized carbons (Fsp3) is 0.723. The summed E-state index contributed by atoms with van der Waals surface area (Å²) >= 11 is 0. The first kappa shape index (κ1) is 71.9. The van der Waals surface area contributed by atoms with Gasteiger partial charge in [0.1, 0.15) is 19.3 Å². The minimum atomic E-state index is -4.71. The molecule has 432 valence electrons. The molecule has 0 aliphatic heterocycles. The minimum absolute atomic E-state index is 0.0330. The number of quaternary nitrogens is 1. The molecular formula is C65H115N2O7P. The number of phosphoric ester groups is 1. The van der Waals surface area contributed by atoms with Crippen LogP contribution in [0.3, 0.4) is 0 Å². The number of nitrogens with one attached hydrogen (secondary N) is 1. The molecule has 0 saturated carbocycles. The zero-order valence-electron chi connectivity index (χ0n) is 49.2. The van der Waals surface area contributed by atoms with Crippen molar-refractivity contribution in [2.45, 2.75) is 264 Å². The highest BCUT2D eigenvalue weighted by molar-refractivity contribution is 7.45. The molecule has 0 rings (SSSR count). The predicted molar refractivity (Wildman–Crippen MR) is 321 cm³/mol. The summed E-state index contributed by atoms with van der Waals surface area (Å²) in [6, 6.07) is -0.909. The Balaban J connectivity index is 5.27. The summed E-state index contributed by atoms with van der Waals surface area (Å²) < 4.78 is 30.3. The Labute approximate surface area is 462 Å². The van der Waals surface area contributed by atoms with Gasteiger partial charge in [-0.25, -0.2) is 0 Å². The summed E-state index contributed by atoms with van der Waals surface area (Å²) in [6.07, 6.45) is 72.3. The topological polar surface area (TPSA) is 114 Å². The van der Waals surface area contributed by atoms with E-state index in [1.165, 1.54) is 96.3 Å². The van der Waals surface area contributed by atoms with E-state index in [1.807, 2.05) is 33.3 Å². The van der Waals surface area contributed by atoms with Gasteiger partial charge in [-0.15, -0.1) is 0 Å². The molecule has 0 bridgehead atoms. The second kappa shape index (κ2) is 54.3. The molecule has 9 nitrogen and oxygen atoms in total. The van der Waals surface area contributed by atoms with Crippen LogP contribution < -0.4 is 10.2 Å². The molecule has 0 saturated heterocycles. The number of rotatable bonds is 54. The molecule has 0 heterocycles. The Morgan fingerprint density at radius 3 is 1.31 bits per heavy atom. The molecule has 10 heteroatoms. The summed E-state index contributed by atoms with van der Waals surface area (Å²) in [6.45, 7) is 6.67. The monoisotopic (exact) mass is 1070 g/mol. The molecule has 0 aromatic heterocycles. The van der Waals surface area contributed by atoms with E-state index < -0.39 is 26.6 Å². The number of carbonyl (C=O) groups is 2. The van der Waals surface area contributed by atoms with Crippen molar-refractivity contribution < 1.29 is 37.3 Å². The number of esters is 1. The molecule has 1 N–H and O–H groups in total. The van der Waals surface area contributed by atoms with Crippen LogP contribution in [0, 0.1) is 0 Å². The lowest BCUT2D eigenvalue weighted by molar-refractivity contribution is -0.870. The van der Waals surface area contributed by atoms with Crippen LogP contribution in [0.2, 0.25) is 0 Å². The van der Waals surface area contributed by atoms with Crippen molar-refractivity contribution >= 4 is 19.7 Å².